The summed E-state index contributed by atoms with van der Waals surface area (Å²) in [4.78, 5) is 28.2. The van der Waals surface area contributed by atoms with Gasteiger partial charge in [-0.05, 0) is 72.8 Å². The molecular weight excluding hydrogens is 545 g/mol. The zero-order valence-corrected chi connectivity index (χ0v) is 23.8. The Labute approximate surface area is 237 Å². The van der Waals surface area contributed by atoms with Crippen LogP contribution in [0.25, 0.3) is 0 Å². The van der Waals surface area contributed by atoms with Crippen LogP contribution >= 0.6 is 23.2 Å². The van der Waals surface area contributed by atoms with Crippen molar-refractivity contribution in [1.29, 1.82) is 0 Å². The molecule has 3 aliphatic rings. The first-order valence-corrected chi connectivity index (χ1v) is 14.3. The van der Waals surface area contributed by atoms with Crippen LogP contribution in [0.5, 0.6) is 0 Å². The van der Waals surface area contributed by atoms with Crippen molar-refractivity contribution < 1.29 is 23.5 Å². The maximum atomic E-state index is 15.8. The quantitative estimate of drug-likeness (QED) is 0.377. The lowest BCUT2D eigenvalue weighted by Gasteiger charge is -2.38. The van der Waals surface area contributed by atoms with Crippen molar-refractivity contribution in [3.8, 4) is 0 Å². The molecule has 1 saturated heterocycles. The number of rotatable bonds is 5. The average Bonchev–Trinajstić information content (AvgIpc) is 3.32. The standard InChI is InChI=1S/C30H34Cl2F2N2O3/c1-29(2,3)14-24-30(18-12-21(33)20(32)13-22(18)35-28(30)39)25(17-5-4-6-19(31)26(17)34)27(36-24)23(38)11-15-7-9-16(37)10-8-15/h4-6,12-13,15-16,24-25,27,36-37H,7-11,14H2,1-3H3,(H,35,39)/t15?,16?,24-,25+,27+,30+/m1/s1. The first-order valence-electron chi connectivity index (χ1n) is 13.5. The second-order valence-corrected chi connectivity index (χ2v) is 13.4. The zero-order chi connectivity index (χ0) is 28.3. The molecule has 0 bridgehead atoms. The second-order valence-electron chi connectivity index (χ2n) is 12.6. The van der Waals surface area contributed by atoms with Crippen molar-refractivity contribution in [1.82, 2.24) is 5.32 Å². The minimum atomic E-state index is -1.48. The van der Waals surface area contributed by atoms with E-state index in [9.17, 15) is 19.1 Å². The van der Waals surface area contributed by atoms with Crippen LogP contribution < -0.4 is 10.6 Å². The summed E-state index contributed by atoms with van der Waals surface area (Å²) in [7, 11) is 0. The number of hydrogen-bond acceptors (Lipinski definition) is 4. The molecular formula is C30H34Cl2F2N2O3. The third kappa shape index (κ3) is 5.01. The number of Topliss-reactive ketones (excluding diaryl/α,β-unsaturated/α-hetero) is 1. The molecule has 5 rings (SSSR count). The molecule has 9 heteroatoms. The van der Waals surface area contributed by atoms with E-state index in [-0.39, 0.29) is 45.2 Å². The molecule has 2 fully saturated rings. The van der Waals surface area contributed by atoms with Crippen molar-refractivity contribution in [3.05, 3.63) is 63.1 Å². The Bertz CT molecular complexity index is 1310. The summed E-state index contributed by atoms with van der Waals surface area (Å²) in [5.74, 6) is -2.84. The number of aliphatic hydroxyl groups is 1. The molecule has 2 aromatic rings. The minimum Gasteiger partial charge on any atom is -0.393 e. The molecule has 5 nitrogen and oxygen atoms in total. The van der Waals surface area contributed by atoms with Crippen LogP contribution in [0.4, 0.5) is 14.5 Å². The van der Waals surface area contributed by atoms with E-state index in [2.05, 4.69) is 10.6 Å². The van der Waals surface area contributed by atoms with Gasteiger partial charge in [0.05, 0.1) is 22.2 Å². The number of ketones is 1. The molecule has 4 atom stereocenters. The number of aliphatic hydroxyl groups excluding tert-OH is 1. The van der Waals surface area contributed by atoms with Gasteiger partial charge in [-0.25, -0.2) is 8.78 Å². The lowest BCUT2D eigenvalue weighted by molar-refractivity contribution is -0.123. The fourth-order valence-electron chi connectivity index (χ4n) is 6.98. The predicted octanol–water partition coefficient (Wildman–Crippen LogP) is 6.53. The number of fused-ring (bicyclic) bond motifs is 2. The maximum Gasteiger partial charge on any atom is 0.237 e. The van der Waals surface area contributed by atoms with Crippen molar-refractivity contribution in [2.45, 2.75) is 88.8 Å². The van der Waals surface area contributed by atoms with E-state index in [1.54, 1.807) is 12.1 Å². The summed E-state index contributed by atoms with van der Waals surface area (Å²) >= 11 is 12.3. The van der Waals surface area contributed by atoms with Crippen LogP contribution in [0, 0.1) is 23.0 Å². The lowest BCUT2D eigenvalue weighted by Crippen LogP contribution is -2.49. The fourth-order valence-corrected chi connectivity index (χ4v) is 7.32. The number of carbonyl (C=O) groups excluding carboxylic acids is 2. The molecule has 1 amide bonds. The number of benzene rings is 2. The number of anilines is 1. The third-order valence-corrected chi connectivity index (χ3v) is 9.25. The minimum absolute atomic E-state index is 0.0890. The van der Waals surface area contributed by atoms with Crippen molar-refractivity contribution in [2.75, 3.05) is 5.32 Å². The third-order valence-electron chi connectivity index (χ3n) is 8.67. The van der Waals surface area contributed by atoms with Crippen LogP contribution in [0.1, 0.15) is 76.3 Å². The maximum absolute atomic E-state index is 15.8. The van der Waals surface area contributed by atoms with Gasteiger partial charge in [-0.3, -0.25) is 9.59 Å². The number of halogens is 4. The molecule has 0 unspecified atom stereocenters. The van der Waals surface area contributed by atoms with Crippen molar-refractivity contribution in [2.24, 2.45) is 11.3 Å². The monoisotopic (exact) mass is 578 g/mol. The largest absolute Gasteiger partial charge is 0.393 e. The van der Waals surface area contributed by atoms with Gasteiger partial charge in [0.15, 0.2) is 5.78 Å². The molecule has 2 aliphatic heterocycles. The summed E-state index contributed by atoms with van der Waals surface area (Å²) in [6, 6.07) is 5.69. The molecule has 39 heavy (non-hydrogen) atoms. The van der Waals surface area contributed by atoms with Gasteiger partial charge in [0, 0.05) is 24.1 Å². The Hall–Kier alpha value is -2.06. The summed E-state index contributed by atoms with van der Waals surface area (Å²) in [5, 5.41) is 16.0. The lowest BCUT2D eigenvalue weighted by atomic mass is 9.62. The van der Waals surface area contributed by atoms with E-state index in [0.29, 0.717) is 30.5 Å². The first-order chi connectivity index (χ1) is 18.3. The molecule has 210 valence electrons. The average molecular weight is 580 g/mol. The van der Waals surface area contributed by atoms with E-state index >= 15 is 4.39 Å². The van der Waals surface area contributed by atoms with Gasteiger partial charge in [0.1, 0.15) is 17.0 Å². The van der Waals surface area contributed by atoms with Gasteiger partial charge in [-0.15, -0.1) is 0 Å². The molecule has 1 spiro atoms. The van der Waals surface area contributed by atoms with Crippen LogP contribution in [-0.4, -0.2) is 35.0 Å². The van der Waals surface area contributed by atoms with Crippen LogP contribution in [0.15, 0.2) is 30.3 Å². The Morgan fingerprint density at radius 1 is 1.10 bits per heavy atom. The number of carbonyl (C=O) groups is 2. The van der Waals surface area contributed by atoms with Crippen molar-refractivity contribution in [3.63, 3.8) is 0 Å². The van der Waals surface area contributed by atoms with E-state index in [0.717, 1.165) is 12.8 Å². The Morgan fingerprint density at radius 2 is 1.79 bits per heavy atom. The van der Waals surface area contributed by atoms with Gasteiger partial charge in [0.2, 0.25) is 5.91 Å². The van der Waals surface area contributed by atoms with Crippen LogP contribution in [-0.2, 0) is 15.0 Å². The van der Waals surface area contributed by atoms with E-state index in [1.165, 1.54) is 18.2 Å². The number of nitrogens with one attached hydrogen (secondary N) is 2. The normalized spacial score (nSPS) is 30.5. The zero-order valence-electron chi connectivity index (χ0n) is 22.3. The molecule has 2 aromatic carbocycles. The molecule has 1 aliphatic carbocycles. The van der Waals surface area contributed by atoms with E-state index in [1.807, 2.05) is 20.8 Å². The van der Waals surface area contributed by atoms with Crippen molar-refractivity contribution >= 4 is 40.6 Å². The van der Waals surface area contributed by atoms with Gasteiger partial charge >= 0.3 is 0 Å². The van der Waals surface area contributed by atoms with Gasteiger partial charge in [0.25, 0.3) is 0 Å². The highest BCUT2D eigenvalue weighted by atomic mass is 35.5. The van der Waals surface area contributed by atoms with Crippen LogP contribution in [0.3, 0.4) is 0 Å². The smallest absolute Gasteiger partial charge is 0.237 e. The Kier molecular flexibility index (Phi) is 7.59. The van der Waals surface area contributed by atoms with Gasteiger partial charge in [-0.1, -0.05) is 56.1 Å². The summed E-state index contributed by atoms with van der Waals surface area (Å²) in [5.41, 5.74) is -0.913. The summed E-state index contributed by atoms with van der Waals surface area (Å²) in [6.07, 6.45) is 3.06. The molecule has 0 radical (unpaired) electrons. The molecule has 3 N–H and O–H groups in total. The second kappa shape index (κ2) is 10.4. The summed E-state index contributed by atoms with van der Waals surface area (Å²) < 4.78 is 30.8. The molecule has 2 heterocycles. The predicted molar refractivity (Wildman–Crippen MR) is 148 cm³/mol. The summed E-state index contributed by atoms with van der Waals surface area (Å²) in [6.45, 7) is 6.07. The topological polar surface area (TPSA) is 78.4 Å². The van der Waals surface area contributed by atoms with E-state index in [4.69, 9.17) is 23.2 Å². The number of amides is 1. The SMILES string of the molecule is CC(C)(C)C[C@H]1N[C@@H](C(=O)CC2CCC(O)CC2)[C@H](c2cccc(Cl)c2F)[C@@]12C(=O)Nc1cc(Cl)c(F)cc12. The first kappa shape index (κ1) is 28.5. The van der Waals surface area contributed by atoms with E-state index < -0.39 is 41.0 Å². The van der Waals surface area contributed by atoms with Gasteiger partial charge in [-0.2, -0.15) is 0 Å². The Morgan fingerprint density at radius 3 is 2.46 bits per heavy atom. The highest BCUT2D eigenvalue weighted by molar-refractivity contribution is 6.31. The molecule has 0 aromatic heterocycles. The Balaban J connectivity index is 1.69. The fraction of sp³-hybridized carbons (Fsp3) is 0.533. The highest BCUT2D eigenvalue weighted by Gasteiger charge is 2.66. The van der Waals surface area contributed by atoms with Gasteiger partial charge < -0.3 is 15.7 Å². The van der Waals surface area contributed by atoms with Crippen LogP contribution in [0.2, 0.25) is 10.0 Å². The highest BCUT2D eigenvalue weighted by Crippen LogP contribution is 2.57. The number of hydrogen-bond donors (Lipinski definition) is 3. The molecule has 1 saturated carbocycles.